The van der Waals surface area contributed by atoms with E-state index < -0.39 is 0 Å². The fraction of sp³-hybridized carbons (Fsp3) is 0.846. The molecule has 3 N–H and O–H groups in total. The molecular weight excluding hydrogens is 262 g/mol. The maximum Gasteiger partial charge on any atom is 0.243 e. The van der Waals surface area contributed by atoms with Crippen LogP contribution in [0.25, 0.3) is 0 Å². The molecule has 2 aliphatic rings. The first-order chi connectivity index (χ1) is 9.13. The van der Waals surface area contributed by atoms with Crippen molar-refractivity contribution in [2.24, 2.45) is 11.7 Å². The van der Waals surface area contributed by atoms with Crippen LogP contribution < -0.4 is 11.1 Å². The van der Waals surface area contributed by atoms with Gasteiger partial charge in [-0.25, -0.2) is 0 Å². The van der Waals surface area contributed by atoms with Gasteiger partial charge in [0.15, 0.2) is 0 Å². The Morgan fingerprint density at radius 2 is 2.21 bits per heavy atom. The molecule has 0 aromatic heterocycles. The van der Waals surface area contributed by atoms with Gasteiger partial charge in [-0.05, 0) is 25.2 Å². The molecule has 0 aromatic carbocycles. The maximum absolute atomic E-state index is 12.1. The molecule has 0 aromatic rings. The molecule has 2 amide bonds. The van der Waals surface area contributed by atoms with E-state index >= 15 is 0 Å². The molecular formula is C13H23N3O2S. The van der Waals surface area contributed by atoms with Crippen LogP contribution in [0.1, 0.15) is 32.6 Å². The third kappa shape index (κ3) is 3.86. The van der Waals surface area contributed by atoms with Crippen molar-refractivity contribution in [1.29, 1.82) is 0 Å². The van der Waals surface area contributed by atoms with Crippen LogP contribution in [0.2, 0.25) is 0 Å². The molecule has 1 aliphatic carbocycles. The quantitative estimate of drug-likeness (QED) is 0.747. The highest BCUT2D eigenvalue weighted by Gasteiger charge is 2.35. The van der Waals surface area contributed by atoms with Gasteiger partial charge < -0.3 is 16.0 Å². The predicted octanol–water partition coefficient (Wildman–Crippen LogP) is 0.542. The van der Waals surface area contributed by atoms with Crippen LogP contribution in [-0.2, 0) is 9.59 Å². The summed E-state index contributed by atoms with van der Waals surface area (Å²) in [6.07, 6.45) is 3.70. The number of amides is 2. The summed E-state index contributed by atoms with van der Waals surface area (Å²) in [6, 6.07) is -0.242. The number of nitrogens with zero attached hydrogens (tertiary/aromatic N) is 1. The number of thioether (sulfide) groups is 1. The highest BCUT2D eigenvalue weighted by Crippen LogP contribution is 2.31. The van der Waals surface area contributed by atoms with Crippen molar-refractivity contribution >= 4 is 23.6 Å². The van der Waals surface area contributed by atoms with Crippen LogP contribution in [0.3, 0.4) is 0 Å². The Morgan fingerprint density at radius 3 is 2.84 bits per heavy atom. The number of nitrogens with one attached hydrogen (secondary N) is 1. The Hall–Kier alpha value is -0.750. The van der Waals surface area contributed by atoms with Crippen molar-refractivity contribution in [3.05, 3.63) is 0 Å². The average Bonchev–Trinajstić information content (AvgIpc) is 3.12. The smallest absolute Gasteiger partial charge is 0.243 e. The monoisotopic (exact) mass is 285 g/mol. The Labute approximate surface area is 118 Å². The number of carbonyl (C=O) groups is 2. The zero-order chi connectivity index (χ0) is 13.8. The lowest BCUT2D eigenvalue weighted by Gasteiger charge is -2.23. The molecule has 2 unspecified atom stereocenters. The Bertz CT molecular complexity index is 347. The lowest BCUT2D eigenvalue weighted by atomic mass is 10.2. The molecule has 0 radical (unpaired) electrons. The molecule has 2 rings (SSSR count). The van der Waals surface area contributed by atoms with Crippen molar-refractivity contribution in [3.8, 4) is 0 Å². The van der Waals surface area contributed by atoms with Gasteiger partial charge in [0, 0.05) is 24.8 Å². The number of hydrogen-bond acceptors (Lipinski definition) is 4. The van der Waals surface area contributed by atoms with E-state index in [4.69, 9.17) is 5.73 Å². The van der Waals surface area contributed by atoms with E-state index in [1.54, 1.807) is 16.7 Å². The van der Waals surface area contributed by atoms with Crippen molar-refractivity contribution in [1.82, 2.24) is 10.2 Å². The second-order valence-corrected chi connectivity index (χ2v) is 6.38. The normalized spacial score (nSPS) is 24.3. The minimum atomic E-state index is -0.310. The van der Waals surface area contributed by atoms with Crippen LogP contribution in [0.5, 0.6) is 0 Å². The van der Waals surface area contributed by atoms with Crippen molar-refractivity contribution in [2.75, 3.05) is 18.2 Å². The van der Waals surface area contributed by atoms with Crippen LogP contribution in [-0.4, -0.2) is 47.0 Å². The molecule has 1 heterocycles. The van der Waals surface area contributed by atoms with Gasteiger partial charge in [0.05, 0.1) is 5.88 Å². The number of rotatable bonds is 6. The molecule has 1 saturated carbocycles. The van der Waals surface area contributed by atoms with Crippen LogP contribution in [0.15, 0.2) is 0 Å². The zero-order valence-electron chi connectivity index (χ0n) is 11.4. The minimum Gasteiger partial charge on any atom is -0.353 e. The second kappa shape index (κ2) is 6.61. The third-order valence-electron chi connectivity index (χ3n) is 3.71. The molecule has 19 heavy (non-hydrogen) atoms. The molecule has 2 atom stereocenters. The third-order valence-corrected chi connectivity index (χ3v) is 4.72. The van der Waals surface area contributed by atoms with Crippen LogP contribution in [0, 0.1) is 5.92 Å². The Balaban J connectivity index is 1.81. The summed E-state index contributed by atoms with van der Waals surface area (Å²) in [4.78, 5) is 25.8. The van der Waals surface area contributed by atoms with Crippen LogP contribution >= 0.6 is 11.8 Å². The van der Waals surface area contributed by atoms with Gasteiger partial charge >= 0.3 is 0 Å². The first-order valence-electron chi connectivity index (χ1n) is 7.04. The number of carbonyl (C=O) groups excluding carboxylic acids is 2. The summed E-state index contributed by atoms with van der Waals surface area (Å²) < 4.78 is 0. The fourth-order valence-corrected chi connectivity index (χ4v) is 3.47. The van der Waals surface area contributed by atoms with E-state index in [1.165, 1.54) is 12.8 Å². The molecule has 1 aliphatic heterocycles. The van der Waals surface area contributed by atoms with Gasteiger partial charge in [0.1, 0.15) is 6.04 Å². The average molecular weight is 285 g/mol. The first kappa shape index (κ1) is 14.7. The summed E-state index contributed by atoms with van der Waals surface area (Å²) in [7, 11) is 0. The van der Waals surface area contributed by atoms with Gasteiger partial charge in [-0.1, -0.05) is 6.92 Å². The standard InChI is InChI=1S/C13H23N3O2S/c1-2-3-12(17)16-8-19-7-11(16)13(18)15-6-10(14)9-4-5-9/h9-11H,2-8,14H2,1H3,(H,15,18). The lowest BCUT2D eigenvalue weighted by Crippen LogP contribution is -2.49. The highest BCUT2D eigenvalue weighted by atomic mass is 32.2. The van der Waals surface area contributed by atoms with Gasteiger partial charge in [-0.3, -0.25) is 9.59 Å². The van der Waals surface area contributed by atoms with Gasteiger partial charge in [0.25, 0.3) is 0 Å². The highest BCUT2D eigenvalue weighted by molar-refractivity contribution is 7.99. The number of hydrogen-bond donors (Lipinski definition) is 2. The van der Waals surface area contributed by atoms with E-state index in [9.17, 15) is 9.59 Å². The van der Waals surface area contributed by atoms with E-state index in [-0.39, 0.29) is 23.9 Å². The van der Waals surface area contributed by atoms with Crippen molar-refractivity contribution in [3.63, 3.8) is 0 Å². The van der Waals surface area contributed by atoms with Crippen LogP contribution in [0.4, 0.5) is 0 Å². The van der Waals surface area contributed by atoms with E-state index in [1.807, 2.05) is 6.92 Å². The molecule has 6 heteroatoms. The van der Waals surface area contributed by atoms with Crippen molar-refractivity contribution < 1.29 is 9.59 Å². The topological polar surface area (TPSA) is 75.4 Å². The van der Waals surface area contributed by atoms with E-state index in [0.29, 0.717) is 30.5 Å². The second-order valence-electron chi connectivity index (χ2n) is 5.38. The maximum atomic E-state index is 12.1. The Kier molecular flexibility index (Phi) is 5.10. The van der Waals surface area contributed by atoms with Gasteiger partial charge in [-0.2, -0.15) is 0 Å². The summed E-state index contributed by atoms with van der Waals surface area (Å²) in [5.74, 6) is 1.94. The molecule has 0 bridgehead atoms. The molecule has 5 nitrogen and oxygen atoms in total. The number of nitrogens with two attached hydrogens (primary N) is 1. The van der Waals surface area contributed by atoms with E-state index in [0.717, 1.165) is 6.42 Å². The molecule has 2 fully saturated rings. The Morgan fingerprint density at radius 1 is 1.47 bits per heavy atom. The summed E-state index contributed by atoms with van der Waals surface area (Å²) in [5, 5.41) is 2.90. The van der Waals surface area contributed by atoms with Gasteiger partial charge in [-0.15, -0.1) is 11.8 Å². The summed E-state index contributed by atoms with van der Waals surface area (Å²) in [6.45, 7) is 2.51. The fourth-order valence-electron chi connectivity index (χ4n) is 2.29. The SMILES string of the molecule is CCCC(=O)N1CSCC1C(=O)NCC(N)C1CC1. The van der Waals surface area contributed by atoms with Gasteiger partial charge in [0.2, 0.25) is 11.8 Å². The minimum absolute atomic E-state index is 0.0504. The largest absolute Gasteiger partial charge is 0.353 e. The first-order valence-corrected chi connectivity index (χ1v) is 8.19. The lowest BCUT2D eigenvalue weighted by molar-refractivity contribution is -0.138. The zero-order valence-corrected chi connectivity index (χ0v) is 12.2. The van der Waals surface area contributed by atoms with Crippen molar-refractivity contribution in [2.45, 2.75) is 44.7 Å². The molecule has 1 saturated heterocycles. The summed E-state index contributed by atoms with van der Waals surface area (Å²) in [5.41, 5.74) is 5.97. The van der Waals surface area contributed by atoms with E-state index in [2.05, 4.69) is 5.32 Å². The molecule has 0 spiro atoms. The molecule has 108 valence electrons. The summed E-state index contributed by atoms with van der Waals surface area (Å²) >= 11 is 1.64. The predicted molar refractivity (Wildman–Crippen MR) is 76.6 cm³/mol.